The lowest BCUT2D eigenvalue weighted by molar-refractivity contribution is -0.0208. The van der Waals surface area contributed by atoms with Crippen LogP contribution in [0.5, 0.6) is 0 Å². The van der Waals surface area contributed by atoms with Gasteiger partial charge in [-0.2, -0.15) is 11.8 Å². The maximum absolute atomic E-state index is 5.61. The van der Waals surface area contributed by atoms with Crippen LogP contribution in [0.4, 0.5) is 0 Å². The quantitative estimate of drug-likeness (QED) is 0.770. The van der Waals surface area contributed by atoms with Gasteiger partial charge in [-0.05, 0) is 19.8 Å². The largest absolute Gasteiger partial charge is 0.376 e. The summed E-state index contributed by atoms with van der Waals surface area (Å²) in [5.41, 5.74) is 0. The third kappa shape index (κ3) is 4.35. The zero-order chi connectivity index (χ0) is 13.7. The van der Waals surface area contributed by atoms with E-state index in [0.29, 0.717) is 10.9 Å². The maximum Gasteiger partial charge on any atom is 0.0674 e. The molecule has 2 aliphatic heterocycles. The number of nitrogens with zero attached hydrogens (tertiary/aromatic N) is 2. The Labute approximate surface area is 123 Å². The number of morpholine rings is 1. The molecule has 0 unspecified atom stereocenters. The van der Waals surface area contributed by atoms with Gasteiger partial charge in [0.1, 0.15) is 0 Å². The van der Waals surface area contributed by atoms with Crippen molar-refractivity contribution >= 4 is 11.8 Å². The zero-order valence-corrected chi connectivity index (χ0v) is 13.7. The van der Waals surface area contributed by atoms with Crippen LogP contribution in [0, 0.1) is 0 Å². The molecule has 0 saturated carbocycles. The van der Waals surface area contributed by atoms with Gasteiger partial charge in [0.2, 0.25) is 0 Å². The molecular formula is C15H30N2OS. The normalized spacial score (nSPS) is 29.5. The summed E-state index contributed by atoms with van der Waals surface area (Å²) in [6, 6.07) is 0. The third-order valence-electron chi connectivity index (χ3n) is 4.67. The molecule has 3 nitrogen and oxygen atoms in total. The van der Waals surface area contributed by atoms with Crippen molar-refractivity contribution in [1.82, 2.24) is 9.80 Å². The lowest BCUT2D eigenvalue weighted by Gasteiger charge is -2.42. The monoisotopic (exact) mass is 286 g/mol. The lowest BCUT2D eigenvalue weighted by Crippen LogP contribution is -2.50. The summed E-state index contributed by atoms with van der Waals surface area (Å²) >= 11 is 2.20. The fraction of sp³-hybridized carbons (Fsp3) is 1.00. The predicted molar refractivity (Wildman–Crippen MR) is 84.1 cm³/mol. The fourth-order valence-corrected chi connectivity index (χ4v) is 4.63. The van der Waals surface area contributed by atoms with Gasteiger partial charge < -0.3 is 4.74 Å². The second-order valence-corrected chi connectivity index (χ2v) is 7.56. The average molecular weight is 286 g/mol. The van der Waals surface area contributed by atoms with Crippen molar-refractivity contribution in [2.75, 3.05) is 51.6 Å². The van der Waals surface area contributed by atoms with Gasteiger partial charge in [0, 0.05) is 49.8 Å². The summed E-state index contributed by atoms with van der Waals surface area (Å²) in [4.78, 5) is 5.25. The molecule has 2 rings (SSSR count). The number of thioether (sulfide) groups is 1. The Morgan fingerprint density at radius 3 is 2.58 bits per heavy atom. The first kappa shape index (κ1) is 15.6. The molecule has 2 saturated heterocycles. The van der Waals surface area contributed by atoms with Gasteiger partial charge in [0.05, 0.1) is 12.7 Å². The van der Waals surface area contributed by atoms with E-state index in [2.05, 4.69) is 42.3 Å². The Balaban J connectivity index is 1.76. The first-order chi connectivity index (χ1) is 9.17. The van der Waals surface area contributed by atoms with Crippen LogP contribution >= 0.6 is 11.8 Å². The van der Waals surface area contributed by atoms with E-state index in [4.69, 9.17) is 4.74 Å². The van der Waals surface area contributed by atoms with Gasteiger partial charge in [0.15, 0.2) is 0 Å². The van der Waals surface area contributed by atoms with Crippen molar-refractivity contribution in [2.24, 2.45) is 0 Å². The predicted octanol–water partition coefficient (Wildman–Crippen LogP) is 2.31. The maximum atomic E-state index is 5.61. The number of hydrogen-bond donors (Lipinski definition) is 0. The van der Waals surface area contributed by atoms with E-state index in [-0.39, 0.29) is 0 Å². The molecule has 0 aromatic rings. The molecule has 2 aliphatic rings. The molecule has 0 N–H and O–H groups in total. The summed E-state index contributed by atoms with van der Waals surface area (Å²) < 4.78 is 6.13. The summed E-state index contributed by atoms with van der Waals surface area (Å²) in [5.74, 6) is 1.31. The van der Waals surface area contributed by atoms with Crippen LogP contribution in [0.2, 0.25) is 0 Å². The molecule has 4 heteroatoms. The van der Waals surface area contributed by atoms with Gasteiger partial charge in [-0.15, -0.1) is 0 Å². The number of hydrogen-bond acceptors (Lipinski definition) is 4. The first-order valence-electron chi connectivity index (χ1n) is 7.88. The lowest BCUT2D eigenvalue weighted by atomic mass is 10.0. The molecule has 0 aliphatic carbocycles. The van der Waals surface area contributed by atoms with Crippen LogP contribution in [0.1, 0.15) is 33.6 Å². The minimum atomic E-state index is 0.413. The van der Waals surface area contributed by atoms with Crippen LogP contribution in [-0.2, 0) is 4.74 Å². The van der Waals surface area contributed by atoms with Crippen LogP contribution in [0.15, 0.2) is 0 Å². The Hall–Kier alpha value is 0.230. The topological polar surface area (TPSA) is 15.7 Å². The van der Waals surface area contributed by atoms with Crippen molar-refractivity contribution in [3.63, 3.8) is 0 Å². The van der Waals surface area contributed by atoms with Crippen molar-refractivity contribution in [1.29, 1.82) is 0 Å². The second-order valence-electron chi connectivity index (χ2n) is 6.00. The highest BCUT2D eigenvalue weighted by Gasteiger charge is 2.32. The van der Waals surface area contributed by atoms with Crippen LogP contribution in [-0.4, -0.2) is 72.3 Å². The minimum Gasteiger partial charge on any atom is -0.376 e. The standard InChI is InChI=1S/C15H30N2OS/c1-4-15(5-2)13-17(9-11-19-15)7-6-16-8-10-18-14(3)12-16/h14H,4-13H2,1-3H3/t14-/m0/s1. The van der Waals surface area contributed by atoms with E-state index in [1.807, 2.05) is 0 Å². The van der Waals surface area contributed by atoms with E-state index in [1.165, 1.54) is 44.8 Å². The zero-order valence-electron chi connectivity index (χ0n) is 12.9. The smallest absolute Gasteiger partial charge is 0.0674 e. The Morgan fingerprint density at radius 2 is 1.89 bits per heavy atom. The highest BCUT2D eigenvalue weighted by molar-refractivity contribution is 8.00. The van der Waals surface area contributed by atoms with Crippen molar-refractivity contribution in [2.45, 2.75) is 44.5 Å². The van der Waals surface area contributed by atoms with E-state index >= 15 is 0 Å². The minimum absolute atomic E-state index is 0.413. The molecule has 0 spiro atoms. The Morgan fingerprint density at radius 1 is 1.16 bits per heavy atom. The number of ether oxygens (including phenoxy) is 1. The highest BCUT2D eigenvalue weighted by atomic mass is 32.2. The molecule has 1 atom stereocenters. The van der Waals surface area contributed by atoms with E-state index in [1.54, 1.807) is 0 Å². The molecule has 0 aromatic carbocycles. The van der Waals surface area contributed by atoms with Crippen molar-refractivity contribution in [3.8, 4) is 0 Å². The van der Waals surface area contributed by atoms with Gasteiger partial charge in [-0.1, -0.05) is 13.8 Å². The molecule has 0 bridgehead atoms. The van der Waals surface area contributed by atoms with Crippen LogP contribution < -0.4 is 0 Å². The van der Waals surface area contributed by atoms with Gasteiger partial charge >= 0.3 is 0 Å². The fourth-order valence-electron chi connectivity index (χ4n) is 3.17. The highest BCUT2D eigenvalue weighted by Crippen LogP contribution is 2.36. The average Bonchev–Trinajstić information content (AvgIpc) is 2.45. The van der Waals surface area contributed by atoms with Gasteiger partial charge in [0.25, 0.3) is 0 Å². The number of rotatable bonds is 5. The Kier molecular flexibility index (Phi) is 6.00. The van der Waals surface area contributed by atoms with E-state index in [9.17, 15) is 0 Å². The molecule has 2 heterocycles. The molecule has 19 heavy (non-hydrogen) atoms. The second kappa shape index (κ2) is 7.30. The van der Waals surface area contributed by atoms with Crippen LogP contribution in [0.3, 0.4) is 0 Å². The van der Waals surface area contributed by atoms with Crippen LogP contribution in [0.25, 0.3) is 0 Å². The summed E-state index contributed by atoms with van der Waals surface area (Å²) in [6.45, 7) is 15.0. The Bertz CT molecular complexity index is 271. The third-order valence-corrected chi connectivity index (χ3v) is 6.38. The van der Waals surface area contributed by atoms with E-state index < -0.39 is 0 Å². The molecule has 2 fully saturated rings. The van der Waals surface area contributed by atoms with E-state index in [0.717, 1.165) is 19.7 Å². The van der Waals surface area contributed by atoms with Gasteiger partial charge in [-0.3, -0.25) is 9.80 Å². The summed E-state index contributed by atoms with van der Waals surface area (Å²) in [6.07, 6.45) is 3.02. The summed E-state index contributed by atoms with van der Waals surface area (Å²) in [5, 5.41) is 0. The summed E-state index contributed by atoms with van der Waals surface area (Å²) in [7, 11) is 0. The van der Waals surface area contributed by atoms with Crippen molar-refractivity contribution < 1.29 is 4.74 Å². The molecular weight excluding hydrogens is 256 g/mol. The first-order valence-corrected chi connectivity index (χ1v) is 8.86. The SMILES string of the molecule is CCC1(CC)CN(CCN2CCO[C@@H](C)C2)CCS1. The van der Waals surface area contributed by atoms with Gasteiger partial charge in [-0.25, -0.2) is 0 Å². The molecule has 0 radical (unpaired) electrons. The molecule has 0 amide bonds. The van der Waals surface area contributed by atoms with Crippen molar-refractivity contribution in [3.05, 3.63) is 0 Å². The molecule has 0 aromatic heterocycles. The molecule has 112 valence electrons.